The molecule has 24 heavy (non-hydrogen) atoms. The van der Waals surface area contributed by atoms with Crippen LogP contribution in [0.3, 0.4) is 0 Å². The molecule has 0 spiro atoms. The van der Waals surface area contributed by atoms with Crippen molar-refractivity contribution in [1.29, 1.82) is 0 Å². The highest BCUT2D eigenvalue weighted by Gasteiger charge is 2.31. The van der Waals surface area contributed by atoms with Gasteiger partial charge in [-0.05, 0) is 45.1 Å². The molecule has 0 aromatic carbocycles. The van der Waals surface area contributed by atoms with Crippen LogP contribution < -0.4 is 0 Å². The highest BCUT2D eigenvalue weighted by Crippen LogP contribution is 2.29. The molecule has 0 radical (unpaired) electrons. The number of aromatic nitrogens is 3. The lowest BCUT2D eigenvalue weighted by molar-refractivity contribution is 0.0694. The van der Waals surface area contributed by atoms with E-state index in [0.717, 1.165) is 67.9 Å². The number of fused-ring (bicyclic) bond motifs is 1. The third kappa shape index (κ3) is 2.81. The van der Waals surface area contributed by atoms with Crippen molar-refractivity contribution in [3.05, 3.63) is 40.8 Å². The second kappa shape index (κ2) is 6.34. The Morgan fingerprint density at radius 1 is 1.29 bits per heavy atom. The molecule has 126 valence electrons. The molecule has 2 aromatic heterocycles. The van der Waals surface area contributed by atoms with Gasteiger partial charge in [0.15, 0.2) is 5.69 Å². The van der Waals surface area contributed by atoms with Gasteiger partial charge in [0.05, 0.1) is 0 Å². The Labute approximate surface area is 141 Å². The summed E-state index contributed by atoms with van der Waals surface area (Å²) in [6.45, 7) is 3.37. The maximum atomic E-state index is 12.9. The summed E-state index contributed by atoms with van der Waals surface area (Å²) in [4.78, 5) is 23.6. The van der Waals surface area contributed by atoms with Crippen LogP contribution in [0.4, 0.5) is 0 Å². The van der Waals surface area contributed by atoms with Crippen LogP contribution in [0.1, 0.15) is 64.9 Å². The largest absolute Gasteiger partial charge is 0.360 e. The predicted octanol–water partition coefficient (Wildman–Crippen LogP) is 2.67. The lowest BCUT2D eigenvalue weighted by atomic mass is 9.93. The summed E-state index contributed by atoms with van der Waals surface area (Å²) in [6, 6.07) is 1.96. The molecule has 6 nitrogen and oxygen atoms in total. The molecule has 4 rings (SSSR count). The minimum absolute atomic E-state index is 0.0115. The molecular weight excluding hydrogens is 304 g/mol. The molecule has 1 aliphatic heterocycles. The Bertz CT molecular complexity index is 755. The molecule has 0 unspecified atom stereocenters. The van der Waals surface area contributed by atoms with Gasteiger partial charge in [0.1, 0.15) is 11.6 Å². The lowest BCUT2D eigenvalue weighted by Crippen LogP contribution is -2.40. The fourth-order valence-corrected chi connectivity index (χ4v) is 3.81. The van der Waals surface area contributed by atoms with Crippen molar-refractivity contribution in [2.75, 3.05) is 13.1 Å². The van der Waals surface area contributed by atoms with E-state index in [0.29, 0.717) is 12.2 Å². The van der Waals surface area contributed by atoms with E-state index in [4.69, 9.17) is 4.52 Å². The average molecular weight is 326 g/mol. The molecule has 0 saturated carbocycles. The molecule has 3 heterocycles. The van der Waals surface area contributed by atoms with E-state index in [1.807, 2.05) is 17.9 Å². The number of aryl methyl sites for hydroxylation is 2. The molecule has 1 fully saturated rings. The second-order valence-electron chi connectivity index (χ2n) is 6.76. The van der Waals surface area contributed by atoms with Crippen molar-refractivity contribution in [1.82, 2.24) is 20.0 Å². The van der Waals surface area contributed by atoms with E-state index >= 15 is 0 Å². The van der Waals surface area contributed by atoms with Crippen LogP contribution in [-0.2, 0) is 12.8 Å². The molecule has 2 aromatic rings. The molecule has 1 atom stereocenters. The van der Waals surface area contributed by atoms with Gasteiger partial charge in [-0.1, -0.05) is 5.16 Å². The van der Waals surface area contributed by atoms with E-state index in [1.54, 1.807) is 6.20 Å². The Kier molecular flexibility index (Phi) is 4.04. The van der Waals surface area contributed by atoms with Gasteiger partial charge in [-0.25, -0.2) is 9.97 Å². The first kappa shape index (κ1) is 15.3. The van der Waals surface area contributed by atoms with Gasteiger partial charge in [-0.2, -0.15) is 0 Å². The van der Waals surface area contributed by atoms with Crippen molar-refractivity contribution in [3.63, 3.8) is 0 Å². The van der Waals surface area contributed by atoms with Gasteiger partial charge in [0, 0.05) is 42.9 Å². The van der Waals surface area contributed by atoms with E-state index < -0.39 is 0 Å². The molecule has 6 heteroatoms. The fourth-order valence-electron chi connectivity index (χ4n) is 3.81. The van der Waals surface area contributed by atoms with Crippen LogP contribution in [0.15, 0.2) is 16.8 Å². The first-order valence-corrected chi connectivity index (χ1v) is 8.78. The van der Waals surface area contributed by atoms with Crippen LogP contribution in [0.2, 0.25) is 0 Å². The zero-order valence-electron chi connectivity index (χ0n) is 14.0. The predicted molar refractivity (Wildman–Crippen MR) is 87.8 cm³/mol. The minimum Gasteiger partial charge on any atom is -0.360 e. The second-order valence-corrected chi connectivity index (χ2v) is 6.76. The van der Waals surface area contributed by atoms with E-state index in [-0.39, 0.29) is 11.8 Å². The highest BCUT2D eigenvalue weighted by atomic mass is 16.5. The fraction of sp³-hybridized carbons (Fsp3) is 0.556. The normalized spacial score (nSPS) is 20.7. The molecule has 1 amide bonds. The van der Waals surface area contributed by atoms with Crippen LogP contribution >= 0.6 is 0 Å². The Hall–Kier alpha value is -2.24. The summed E-state index contributed by atoms with van der Waals surface area (Å²) in [5.74, 6) is 1.97. The Morgan fingerprint density at radius 3 is 3.04 bits per heavy atom. The van der Waals surface area contributed by atoms with Gasteiger partial charge in [-0.15, -0.1) is 0 Å². The van der Waals surface area contributed by atoms with E-state index in [1.165, 1.54) is 0 Å². The minimum atomic E-state index is 0.0115. The number of nitrogens with zero attached hydrogens (tertiary/aromatic N) is 4. The molecular formula is C18H22N4O2. The molecule has 0 N–H and O–H groups in total. The van der Waals surface area contributed by atoms with Crippen molar-refractivity contribution < 1.29 is 9.32 Å². The monoisotopic (exact) mass is 326 g/mol. The molecule has 2 aliphatic rings. The topological polar surface area (TPSA) is 72.1 Å². The molecule has 0 bridgehead atoms. The van der Waals surface area contributed by atoms with Gasteiger partial charge >= 0.3 is 0 Å². The Morgan fingerprint density at radius 2 is 2.17 bits per heavy atom. The number of hydrogen-bond acceptors (Lipinski definition) is 5. The zero-order chi connectivity index (χ0) is 16.5. The van der Waals surface area contributed by atoms with Crippen molar-refractivity contribution in [2.24, 2.45) is 0 Å². The number of amides is 1. The maximum absolute atomic E-state index is 12.9. The quantitative estimate of drug-likeness (QED) is 0.848. The van der Waals surface area contributed by atoms with Crippen LogP contribution in [-0.4, -0.2) is 39.0 Å². The molecule has 1 saturated heterocycles. The van der Waals surface area contributed by atoms with Crippen LogP contribution in [0.25, 0.3) is 0 Å². The van der Waals surface area contributed by atoms with E-state index in [9.17, 15) is 4.79 Å². The standard InChI is InChI=1S/C18H22N4O2/c1-12-19-9-8-15(20-12)13-5-4-10-22(11-13)18(23)17-14-6-2-3-7-16(14)24-21-17/h8-9,13H,2-7,10-11H2,1H3/t13-/m1/s1. The Balaban J connectivity index is 1.54. The summed E-state index contributed by atoms with van der Waals surface area (Å²) >= 11 is 0. The number of rotatable bonds is 2. The number of likely N-dealkylation sites (tertiary alicyclic amines) is 1. The summed E-state index contributed by atoms with van der Waals surface area (Å²) < 4.78 is 5.41. The van der Waals surface area contributed by atoms with Crippen LogP contribution in [0.5, 0.6) is 0 Å². The first-order chi connectivity index (χ1) is 11.7. The number of piperidine rings is 1. The summed E-state index contributed by atoms with van der Waals surface area (Å²) in [6.07, 6.45) is 7.87. The summed E-state index contributed by atoms with van der Waals surface area (Å²) in [5.41, 5.74) is 2.60. The maximum Gasteiger partial charge on any atom is 0.276 e. The van der Waals surface area contributed by atoms with Crippen molar-refractivity contribution in [3.8, 4) is 0 Å². The lowest BCUT2D eigenvalue weighted by Gasteiger charge is -2.32. The summed E-state index contributed by atoms with van der Waals surface area (Å²) in [7, 11) is 0. The van der Waals surface area contributed by atoms with Gasteiger partial charge in [0.25, 0.3) is 5.91 Å². The van der Waals surface area contributed by atoms with Crippen LogP contribution in [0, 0.1) is 6.92 Å². The van der Waals surface area contributed by atoms with E-state index in [2.05, 4.69) is 15.1 Å². The third-order valence-electron chi connectivity index (χ3n) is 5.08. The number of carbonyl (C=O) groups is 1. The molecule has 1 aliphatic carbocycles. The highest BCUT2D eigenvalue weighted by molar-refractivity contribution is 5.94. The summed E-state index contributed by atoms with van der Waals surface area (Å²) in [5, 5.41) is 4.09. The SMILES string of the molecule is Cc1nccc([C@@H]2CCCN(C(=O)c3noc4c3CCCC4)C2)n1. The van der Waals surface area contributed by atoms with Crippen molar-refractivity contribution in [2.45, 2.75) is 51.4 Å². The van der Waals surface area contributed by atoms with Gasteiger partial charge < -0.3 is 9.42 Å². The zero-order valence-corrected chi connectivity index (χ0v) is 14.0. The van der Waals surface area contributed by atoms with Crippen molar-refractivity contribution >= 4 is 5.91 Å². The van der Waals surface area contributed by atoms with Gasteiger partial charge in [-0.3, -0.25) is 4.79 Å². The third-order valence-corrected chi connectivity index (χ3v) is 5.08. The number of hydrogen-bond donors (Lipinski definition) is 0. The smallest absolute Gasteiger partial charge is 0.276 e. The number of carbonyl (C=O) groups excluding carboxylic acids is 1. The first-order valence-electron chi connectivity index (χ1n) is 8.78. The van der Waals surface area contributed by atoms with Gasteiger partial charge in [0.2, 0.25) is 0 Å². The average Bonchev–Trinajstić information content (AvgIpc) is 3.05.